The third-order valence-electron chi connectivity index (χ3n) is 6.82. The van der Waals surface area contributed by atoms with Crippen molar-refractivity contribution in [1.82, 2.24) is 0 Å². The van der Waals surface area contributed by atoms with E-state index in [0.29, 0.717) is 13.2 Å². The number of fused-ring (bicyclic) bond motifs is 3. The van der Waals surface area contributed by atoms with Crippen LogP contribution in [0, 0.1) is 0 Å². The molecule has 0 saturated carbocycles. The Morgan fingerprint density at radius 3 is 1.82 bits per heavy atom. The molecule has 1 aliphatic rings. The number of rotatable bonds is 17. The van der Waals surface area contributed by atoms with Crippen molar-refractivity contribution in [3.05, 3.63) is 65.7 Å². The molecule has 0 spiro atoms. The van der Waals surface area contributed by atoms with Gasteiger partial charge in [0.1, 0.15) is 0 Å². The molecule has 0 saturated heterocycles. The molecule has 2 aromatic rings. The average molecular weight is 449 g/mol. The van der Waals surface area contributed by atoms with Crippen LogP contribution in [0.1, 0.15) is 108 Å². The highest BCUT2D eigenvalue weighted by Gasteiger charge is 2.46. The highest BCUT2D eigenvalue weighted by atomic mass is 16.7. The first-order valence-electron chi connectivity index (χ1n) is 13.4. The quantitative estimate of drug-likeness (QED) is 0.177. The maximum Gasteiger partial charge on any atom is 0.224 e. The largest absolute Gasteiger partial charge is 0.342 e. The smallest absolute Gasteiger partial charge is 0.224 e. The first-order valence-corrected chi connectivity index (χ1v) is 13.4. The van der Waals surface area contributed by atoms with Crippen molar-refractivity contribution in [3.63, 3.8) is 0 Å². The summed E-state index contributed by atoms with van der Waals surface area (Å²) < 4.78 is 13.5. The van der Waals surface area contributed by atoms with E-state index < -0.39 is 5.79 Å². The van der Waals surface area contributed by atoms with Crippen molar-refractivity contribution in [2.45, 2.75) is 96.7 Å². The van der Waals surface area contributed by atoms with E-state index in [2.05, 4.69) is 62.9 Å². The second-order valence-corrected chi connectivity index (χ2v) is 9.37. The summed E-state index contributed by atoms with van der Waals surface area (Å²) in [5.74, 6) is -0.830. The van der Waals surface area contributed by atoms with Gasteiger partial charge in [-0.15, -0.1) is 0 Å². The molecule has 0 aromatic heterocycles. The Bertz CT molecular complexity index is 836. The van der Waals surface area contributed by atoms with Crippen LogP contribution < -0.4 is 0 Å². The zero-order valence-electron chi connectivity index (χ0n) is 21.0. The molecule has 0 aliphatic heterocycles. The van der Waals surface area contributed by atoms with E-state index in [1.807, 2.05) is 6.08 Å². The molecule has 0 unspecified atom stereocenters. The Morgan fingerprint density at radius 2 is 1.21 bits per heavy atom. The summed E-state index contributed by atoms with van der Waals surface area (Å²) in [6, 6.07) is 15.1. The minimum atomic E-state index is -0.830. The van der Waals surface area contributed by atoms with Crippen LogP contribution in [0.3, 0.4) is 0 Å². The third-order valence-corrected chi connectivity index (χ3v) is 6.82. The van der Waals surface area contributed by atoms with Gasteiger partial charge in [-0.25, -0.2) is 0 Å². The number of unbranched alkanes of at least 4 members (excludes halogenated alkanes) is 10. The van der Waals surface area contributed by atoms with Gasteiger partial charge in [-0.3, -0.25) is 0 Å². The summed E-state index contributed by atoms with van der Waals surface area (Å²) in [6.07, 6.45) is 16.9. The number of hydrogen-bond acceptors (Lipinski definition) is 2. The van der Waals surface area contributed by atoms with E-state index in [1.54, 1.807) is 0 Å². The predicted octanol–water partition coefficient (Wildman–Crippen LogP) is 9.27. The molecule has 1 aliphatic carbocycles. The molecule has 2 heteroatoms. The highest BCUT2D eigenvalue weighted by molar-refractivity contribution is 5.83. The van der Waals surface area contributed by atoms with Gasteiger partial charge >= 0.3 is 0 Å². The predicted molar refractivity (Wildman–Crippen MR) is 141 cm³/mol. The Labute approximate surface area is 202 Å². The van der Waals surface area contributed by atoms with Gasteiger partial charge < -0.3 is 9.47 Å². The SMILES string of the molecule is C=Cc1cccc2c1C(OCCCCCCCC)(OCCCCCCCC)c1ccccc1-2. The second kappa shape index (κ2) is 13.7. The topological polar surface area (TPSA) is 18.5 Å². The number of ether oxygens (including phenoxy) is 2. The van der Waals surface area contributed by atoms with Crippen molar-refractivity contribution in [3.8, 4) is 11.1 Å². The summed E-state index contributed by atoms with van der Waals surface area (Å²) in [5, 5.41) is 0. The van der Waals surface area contributed by atoms with E-state index >= 15 is 0 Å². The van der Waals surface area contributed by atoms with Crippen molar-refractivity contribution in [1.29, 1.82) is 0 Å². The van der Waals surface area contributed by atoms with Crippen LogP contribution in [0.15, 0.2) is 49.0 Å². The summed E-state index contributed by atoms with van der Waals surface area (Å²) >= 11 is 0. The molecule has 0 atom stereocenters. The van der Waals surface area contributed by atoms with Crippen LogP contribution in [-0.2, 0) is 15.3 Å². The molecule has 180 valence electrons. The first kappa shape index (κ1) is 25.7. The van der Waals surface area contributed by atoms with Crippen LogP contribution in [0.5, 0.6) is 0 Å². The van der Waals surface area contributed by atoms with Gasteiger partial charge in [-0.1, -0.05) is 133 Å². The normalized spacial score (nSPS) is 13.6. The fraction of sp³-hybridized carbons (Fsp3) is 0.548. The maximum atomic E-state index is 6.77. The van der Waals surface area contributed by atoms with Crippen LogP contribution in [0.25, 0.3) is 17.2 Å². The monoisotopic (exact) mass is 448 g/mol. The lowest BCUT2D eigenvalue weighted by Crippen LogP contribution is -2.34. The van der Waals surface area contributed by atoms with E-state index in [9.17, 15) is 0 Å². The first-order chi connectivity index (χ1) is 16.3. The molecular formula is C31H44O2. The van der Waals surface area contributed by atoms with Gasteiger partial charge in [-0.05, 0) is 29.5 Å². The van der Waals surface area contributed by atoms with E-state index in [-0.39, 0.29) is 0 Å². The molecule has 0 fully saturated rings. The lowest BCUT2D eigenvalue weighted by Gasteiger charge is -2.33. The minimum Gasteiger partial charge on any atom is -0.342 e. The van der Waals surface area contributed by atoms with Gasteiger partial charge in [0, 0.05) is 11.1 Å². The summed E-state index contributed by atoms with van der Waals surface area (Å²) in [5.41, 5.74) is 5.83. The molecule has 0 N–H and O–H groups in total. The molecule has 2 nitrogen and oxygen atoms in total. The highest BCUT2D eigenvalue weighted by Crippen LogP contribution is 2.52. The zero-order chi connectivity index (χ0) is 23.4. The molecule has 0 heterocycles. The van der Waals surface area contributed by atoms with Gasteiger partial charge in [0.25, 0.3) is 0 Å². The van der Waals surface area contributed by atoms with Gasteiger partial charge in [0.05, 0.1) is 13.2 Å². The van der Waals surface area contributed by atoms with E-state index in [0.717, 1.165) is 29.5 Å². The minimum absolute atomic E-state index is 0.710. The Balaban J connectivity index is 1.78. The average Bonchev–Trinajstić information content (AvgIpc) is 3.13. The molecular weight excluding hydrogens is 404 g/mol. The van der Waals surface area contributed by atoms with Crippen molar-refractivity contribution >= 4 is 6.08 Å². The zero-order valence-corrected chi connectivity index (χ0v) is 21.0. The van der Waals surface area contributed by atoms with Crippen LogP contribution in [0.4, 0.5) is 0 Å². The number of benzene rings is 2. The van der Waals surface area contributed by atoms with Gasteiger partial charge in [0.15, 0.2) is 0 Å². The Kier molecular flexibility index (Phi) is 10.7. The van der Waals surface area contributed by atoms with Crippen LogP contribution >= 0.6 is 0 Å². The second-order valence-electron chi connectivity index (χ2n) is 9.37. The van der Waals surface area contributed by atoms with Crippen LogP contribution in [0.2, 0.25) is 0 Å². The summed E-state index contributed by atoms with van der Waals surface area (Å²) in [4.78, 5) is 0. The van der Waals surface area contributed by atoms with E-state index in [1.165, 1.54) is 75.3 Å². The fourth-order valence-corrected chi connectivity index (χ4v) is 5.01. The molecule has 2 aromatic carbocycles. The summed E-state index contributed by atoms with van der Waals surface area (Å²) in [6.45, 7) is 10.1. The third kappa shape index (κ3) is 6.37. The standard InChI is InChI=1S/C31H44O2/c1-4-7-9-11-13-17-24-32-31(33-25-18-14-12-10-8-5-2)29-23-16-15-21-27(29)28-22-19-20-26(6-3)30(28)31/h6,15-16,19-23H,3-5,7-14,17-18,24-25H2,1-2H3. The van der Waals surface area contributed by atoms with Gasteiger partial charge in [0.2, 0.25) is 5.79 Å². The molecule has 33 heavy (non-hydrogen) atoms. The number of hydrogen-bond donors (Lipinski definition) is 0. The Morgan fingerprint density at radius 1 is 0.667 bits per heavy atom. The van der Waals surface area contributed by atoms with Crippen molar-refractivity contribution in [2.24, 2.45) is 0 Å². The van der Waals surface area contributed by atoms with Crippen molar-refractivity contribution < 1.29 is 9.47 Å². The lowest BCUT2D eigenvalue weighted by molar-refractivity contribution is -0.216. The molecule has 0 amide bonds. The summed E-state index contributed by atoms with van der Waals surface area (Å²) in [7, 11) is 0. The lowest BCUT2D eigenvalue weighted by atomic mass is 9.97. The molecule has 0 radical (unpaired) electrons. The molecule has 3 rings (SSSR count). The molecule has 0 bridgehead atoms. The maximum absolute atomic E-state index is 6.77. The van der Waals surface area contributed by atoms with E-state index in [4.69, 9.17) is 9.47 Å². The fourth-order valence-electron chi connectivity index (χ4n) is 5.01. The Hall–Kier alpha value is -1.90. The van der Waals surface area contributed by atoms with Gasteiger partial charge in [-0.2, -0.15) is 0 Å². The van der Waals surface area contributed by atoms with Crippen LogP contribution in [-0.4, -0.2) is 13.2 Å². The van der Waals surface area contributed by atoms with Crippen molar-refractivity contribution in [2.75, 3.05) is 13.2 Å².